The summed E-state index contributed by atoms with van der Waals surface area (Å²) in [6.07, 6.45) is -0.0302. The zero-order valence-electron chi connectivity index (χ0n) is 17.6. The molecule has 2 aromatic rings. The van der Waals surface area contributed by atoms with E-state index in [-0.39, 0.29) is 17.8 Å². The van der Waals surface area contributed by atoms with Crippen molar-refractivity contribution in [2.75, 3.05) is 32.8 Å². The van der Waals surface area contributed by atoms with Crippen LogP contribution in [0, 0.1) is 18.7 Å². The smallest absolute Gasteiger partial charge is 0.253 e. The fourth-order valence-electron chi connectivity index (χ4n) is 3.69. The molecule has 1 fully saturated rings. The first-order chi connectivity index (χ1) is 13.9. The maximum Gasteiger partial charge on any atom is 0.253 e. The normalized spacial score (nSPS) is 17.5. The second-order valence-electron chi connectivity index (χ2n) is 8.32. The van der Waals surface area contributed by atoms with Crippen LogP contribution in [0.2, 0.25) is 0 Å². The highest BCUT2D eigenvalue weighted by Gasteiger charge is 2.26. The van der Waals surface area contributed by atoms with Crippen LogP contribution < -0.4 is 0 Å². The number of morpholine rings is 1. The SMILES string of the molecule is Cc1ccc(C(=O)N(CC(C)C)C[C@@H]2CN(Cc3ccc(F)cc3)CCO2)cc1. The molecule has 1 aliphatic heterocycles. The molecule has 0 saturated carbocycles. The highest BCUT2D eigenvalue weighted by molar-refractivity contribution is 5.94. The van der Waals surface area contributed by atoms with E-state index in [0.29, 0.717) is 25.6 Å². The summed E-state index contributed by atoms with van der Waals surface area (Å²) in [5.74, 6) is 0.216. The van der Waals surface area contributed by atoms with Crippen LogP contribution in [0.3, 0.4) is 0 Å². The molecule has 0 N–H and O–H groups in total. The summed E-state index contributed by atoms with van der Waals surface area (Å²) in [6.45, 7) is 10.5. The first-order valence-electron chi connectivity index (χ1n) is 10.3. The summed E-state index contributed by atoms with van der Waals surface area (Å²) >= 11 is 0. The van der Waals surface area contributed by atoms with Gasteiger partial charge in [0.15, 0.2) is 0 Å². The molecule has 1 saturated heterocycles. The summed E-state index contributed by atoms with van der Waals surface area (Å²) in [6, 6.07) is 14.4. The van der Waals surface area contributed by atoms with Crippen LogP contribution in [0.5, 0.6) is 0 Å². The quantitative estimate of drug-likeness (QED) is 0.703. The van der Waals surface area contributed by atoms with Crippen LogP contribution in [0.4, 0.5) is 4.39 Å². The third kappa shape index (κ3) is 6.38. The van der Waals surface area contributed by atoms with Crippen molar-refractivity contribution in [3.05, 3.63) is 71.0 Å². The Morgan fingerprint density at radius 2 is 1.86 bits per heavy atom. The van der Waals surface area contributed by atoms with Gasteiger partial charge in [0.1, 0.15) is 5.82 Å². The molecule has 1 heterocycles. The molecule has 0 radical (unpaired) electrons. The molecule has 0 spiro atoms. The number of ether oxygens (including phenoxy) is 1. The lowest BCUT2D eigenvalue weighted by Gasteiger charge is -2.36. The van der Waals surface area contributed by atoms with E-state index in [4.69, 9.17) is 4.74 Å². The van der Waals surface area contributed by atoms with Gasteiger partial charge in [0.05, 0.1) is 12.7 Å². The Labute approximate surface area is 173 Å². The fourth-order valence-corrected chi connectivity index (χ4v) is 3.69. The van der Waals surface area contributed by atoms with Crippen molar-refractivity contribution in [2.45, 2.75) is 33.4 Å². The molecule has 5 heteroatoms. The molecule has 4 nitrogen and oxygen atoms in total. The van der Waals surface area contributed by atoms with Crippen molar-refractivity contribution >= 4 is 5.91 Å². The Morgan fingerprint density at radius 1 is 1.17 bits per heavy atom. The van der Waals surface area contributed by atoms with Crippen LogP contribution in [0.1, 0.15) is 35.3 Å². The van der Waals surface area contributed by atoms with Gasteiger partial charge in [-0.25, -0.2) is 4.39 Å². The van der Waals surface area contributed by atoms with Gasteiger partial charge in [-0.1, -0.05) is 43.7 Å². The molecule has 2 aromatic carbocycles. The van der Waals surface area contributed by atoms with Gasteiger partial charge < -0.3 is 9.64 Å². The third-order valence-electron chi connectivity index (χ3n) is 5.14. The fraction of sp³-hybridized carbons (Fsp3) is 0.458. The van der Waals surface area contributed by atoms with Crippen molar-refractivity contribution in [3.63, 3.8) is 0 Å². The minimum atomic E-state index is -0.215. The van der Waals surface area contributed by atoms with Gasteiger partial charge >= 0.3 is 0 Å². The number of hydrogen-bond acceptors (Lipinski definition) is 3. The number of nitrogens with zero attached hydrogens (tertiary/aromatic N) is 2. The Hall–Kier alpha value is -2.24. The summed E-state index contributed by atoms with van der Waals surface area (Å²) < 4.78 is 19.1. The van der Waals surface area contributed by atoms with E-state index in [1.165, 1.54) is 12.1 Å². The molecule has 0 aromatic heterocycles. The van der Waals surface area contributed by atoms with Crippen LogP contribution >= 0.6 is 0 Å². The van der Waals surface area contributed by atoms with Crippen molar-refractivity contribution in [3.8, 4) is 0 Å². The Bertz CT molecular complexity index is 790. The first kappa shape index (κ1) is 21.5. The van der Waals surface area contributed by atoms with Gasteiger partial charge in [0.25, 0.3) is 5.91 Å². The van der Waals surface area contributed by atoms with Crippen molar-refractivity contribution < 1.29 is 13.9 Å². The number of carbonyl (C=O) groups excluding carboxylic acids is 1. The monoisotopic (exact) mass is 398 g/mol. The maximum atomic E-state index is 13.1. The van der Waals surface area contributed by atoms with E-state index in [1.54, 1.807) is 0 Å². The number of carbonyl (C=O) groups is 1. The lowest BCUT2D eigenvalue weighted by Crippen LogP contribution is -2.49. The number of amides is 1. The number of aryl methyl sites for hydroxylation is 1. The predicted octanol–water partition coefficient (Wildman–Crippen LogP) is 4.13. The molecular weight excluding hydrogens is 367 g/mol. The molecule has 1 amide bonds. The number of hydrogen-bond donors (Lipinski definition) is 0. The number of benzene rings is 2. The van der Waals surface area contributed by atoms with Crippen LogP contribution in [-0.2, 0) is 11.3 Å². The third-order valence-corrected chi connectivity index (χ3v) is 5.14. The molecule has 0 bridgehead atoms. The van der Waals surface area contributed by atoms with Gasteiger partial charge in [0, 0.05) is 38.3 Å². The Kier molecular flexibility index (Phi) is 7.40. The molecule has 1 aliphatic rings. The molecule has 1 atom stereocenters. The second kappa shape index (κ2) is 9.99. The van der Waals surface area contributed by atoms with Crippen molar-refractivity contribution in [1.29, 1.82) is 0 Å². The summed E-state index contributed by atoms with van der Waals surface area (Å²) in [5.41, 5.74) is 2.95. The lowest BCUT2D eigenvalue weighted by molar-refractivity contribution is -0.0438. The molecule has 0 aliphatic carbocycles. The van der Waals surface area contributed by atoms with Gasteiger partial charge in [-0.15, -0.1) is 0 Å². The van der Waals surface area contributed by atoms with E-state index in [1.807, 2.05) is 48.2 Å². The summed E-state index contributed by atoms with van der Waals surface area (Å²) in [5, 5.41) is 0. The molecule has 3 rings (SSSR count). The van der Waals surface area contributed by atoms with Gasteiger partial charge in [-0.2, -0.15) is 0 Å². The van der Waals surface area contributed by atoms with E-state index in [2.05, 4.69) is 18.7 Å². The average molecular weight is 399 g/mol. The maximum absolute atomic E-state index is 13.1. The largest absolute Gasteiger partial charge is 0.374 e. The predicted molar refractivity (Wildman–Crippen MR) is 113 cm³/mol. The van der Waals surface area contributed by atoms with Crippen LogP contribution in [0.25, 0.3) is 0 Å². The van der Waals surface area contributed by atoms with E-state index < -0.39 is 0 Å². The van der Waals surface area contributed by atoms with Gasteiger partial charge in [-0.05, 0) is 42.7 Å². The van der Waals surface area contributed by atoms with Crippen LogP contribution in [-0.4, -0.2) is 54.6 Å². The Morgan fingerprint density at radius 3 is 2.52 bits per heavy atom. The topological polar surface area (TPSA) is 32.8 Å². The van der Waals surface area contributed by atoms with Crippen LogP contribution in [0.15, 0.2) is 48.5 Å². The van der Waals surface area contributed by atoms with E-state index >= 15 is 0 Å². The zero-order chi connectivity index (χ0) is 20.8. The molecule has 29 heavy (non-hydrogen) atoms. The summed E-state index contributed by atoms with van der Waals surface area (Å²) in [4.78, 5) is 17.3. The zero-order valence-corrected chi connectivity index (χ0v) is 17.6. The number of halogens is 1. The first-order valence-corrected chi connectivity index (χ1v) is 10.3. The minimum absolute atomic E-state index is 0.0302. The Balaban J connectivity index is 1.64. The highest BCUT2D eigenvalue weighted by Crippen LogP contribution is 2.15. The molecular formula is C24H31FN2O2. The second-order valence-corrected chi connectivity index (χ2v) is 8.32. The standard InChI is InChI=1S/C24H31FN2O2/c1-18(2)14-27(24(28)21-8-4-19(3)5-9-21)17-23-16-26(12-13-29-23)15-20-6-10-22(25)11-7-20/h4-11,18,23H,12-17H2,1-3H3/t23-/m0/s1. The summed E-state index contributed by atoms with van der Waals surface area (Å²) in [7, 11) is 0. The minimum Gasteiger partial charge on any atom is -0.374 e. The lowest BCUT2D eigenvalue weighted by atomic mass is 10.1. The van der Waals surface area contributed by atoms with Crippen molar-refractivity contribution in [1.82, 2.24) is 9.80 Å². The molecule has 156 valence electrons. The van der Waals surface area contributed by atoms with Gasteiger partial charge in [-0.3, -0.25) is 9.69 Å². The number of rotatable bonds is 7. The van der Waals surface area contributed by atoms with E-state index in [0.717, 1.165) is 36.3 Å². The molecule has 0 unspecified atom stereocenters. The van der Waals surface area contributed by atoms with Gasteiger partial charge in [0.2, 0.25) is 0 Å². The van der Waals surface area contributed by atoms with E-state index in [9.17, 15) is 9.18 Å². The van der Waals surface area contributed by atoms with Crippen molar-refractivity contribution in [2.24, 2.45) is 5.92 Å². The highest BCUT2D eigenvalue weighted by atomic mass is 19.1. The average Bonchev–Trinajstić information content (AvgIpc) is 2.69.